The molecule has 1 atom stereocenters. The van der Waals surface area contributed by atoms with Crippen molar-refractivity contribution in [1.82, 2.24) is 0 Å². The van der Waals surface area contributed by atoms with Crippen LogP contribution in [-0.4, -0.2) is 12.5 Å². The average Bonchev–Trinajstić information content (AvgIpc) is 2.61. The fourth-order valence-corrected chi connectivity index (χ4v) is 2.18. The maximum atomic E-state index is 12.1. The third kappa shape index (κ3) is 1.89. The third-order valence-electron chi connectivity index (χ3n) is 3.12. The van der Waals surface area contributed by atoms with E-state index in [-0.39, 0.29) is 11.8 Å². The molecule has 1 amide bonds. The Balaban J connectivity index is 2.18. The van der Waals surface area contributed by atoms with Crippen LogP contribution in [0.25, 0.3) is 0 Å². The van der Waals surface area contributed by atoms with Gasteiger partial charge in [0.2, 0.25) is 5.91 Å². The molecule has 0 aromatic heterocycles. The van der Waals surface area contributed by atoms with E-state index in [1.807, 2.05) is 35.2 Å². The Kier molecular flexibility index (Phi) is 2.76. The van der Waals surface area contributed by atoms with Gasteiger partial charge in [-0.15, -0.1) is 0 Å². The molecule has 1 aromatic carbocycles. The first kappa shape index (κ1) is 10.2. The first-order chi connectivity index (χ1) is 7.20. The van der Waals surface area contributed by atoms with Gasteiger partial charge in [-0.25, -0.2) is 0 Å². The van der Waals surface area contributed by atoms with Gasteiger partial charge < -0.3 is 4.90 Å². The number of para-hydroxylation sites is 1. The van der Waals surface area contributed by atoms with Crippen LogP contribution in [0.2, 0.25) is 0 Å². The Morgan fingerprint density at radius 3 is 2.47 bits per heavy atom. The summed E-state index contributed by atoms with van der Waals surface area (Å²) < 4.78 is 0. The van der Waals surface area contributed by atoms with Crippen LogP contribution < -0.4 is 4.90 Å². The molecular formula is C13H17NO. The normalized spacial score (nSPS) is 21.4. The molecule has 0 saturated carbocycles. The van der Waals surface area contributed by atoms with Gasteiger partial charge in [0.05, 0.1) is 0 Å². The van der Waals surface area contributed by atoms with Gasteiger partial charge in [0, 0.05) is 18.2 Å². The summed E-state index contributed by atoms with van der Waals surface area (Å²) in [5, 5.41) is 0. The predicted molar refractivity (Wildman–Crippen MR) is 61.7 cm³/mol. The highest BCUT2D eigenvalue weighted by Crippen LogP contribution is 2.29. The summed E-state index contributed by atoms with van der Waals surface area (Å²) >= 11 is 0. The Hall–Kier alpha value is -1.31. The van der Waals surface area contributed by atoms with E-state index in [1.165, 1.54) is 0 Å². The molecule has 0 radical (unpaired) electrons. The van der Waals surface area contributed by atoms with Crippen molar-refractivity contribution in [2.45, 2.75) is 20.3 Å². The molecule has 1 aromatic rings. The topological polar surface area (TPSA) is 20.3 Å². The van der Waals surface area contributed by atoms with Gasteiger partial charge >= 0.3 is 0 Å². The van der Waals surface area contributed by atoms with Crippen molar-refractivity contribution in [3.8, 4) is 0 Å². The number of rotatable bonds is 2. The van der Waals surface area contributed by atoms with E-state index in [4.69, 9.17) is 0 Å². The van der Waals surface area contributed by atoms with E-state index in [0.29, 0.717) is 5.92 Å². The SMILES string of the molecule is CC(C)C1CCN(c2ccccc2)C1=O. The van der Waals surface area contributed by atoms with Crippen LogP contribution in [0.3, 0.4) is 0 Å². The van der Waals surface area contributed by atoms with Crippen molar-refractivity contribution in [1.29, 1.82) is 0 Å². The molecule has 2 rings (SSSR count). The lowest BCUT2D eigenvalue weighted by molar-refractivity contribution is -0.121. The molecule has 1 aliphatic rings. The fourth-order valence-electron chi connectivity index (χ4n) is 2.18. The lowest BCUT2D eigenvalue weighted by Gasteiger charge is -2.17. The van der Waals surface area contributed by atoms with E-state index in [1.54, 1.807) is 0 Å². The van der Waals surface area contributed by atoms with E-state index in [2.05, 4.69) is 13.8 Å². The van der Waals surface area contributed by atoms with Gasteiger partial charge in [-0.1, -0.05) is 32.0 Å². The summed E-state index contributed by atoms with van der Waals surface area (Å²) in [6.45, 7) is 5.11. The van der Waals surface area contributed by atoms with Gasteiger partial charge in [0.25, 0.3) is 0 Å². The minimum atomic E-state index is 0.213. The van der Waals surface area contributed by atoms with E-state index in [0.717, 1.165) is 18.7 Å². The standard InChI is InChI=1S/C13H17NO/c1-10(2)12-8-9-14(13(12)15)11-6-4-3-5-7-11/h3-7,10,12H,8-9H2,1-2H3. The Morgan fingerprint density at radius 1 is 1.27 bits per heavy atom. The molecule has 0 bridgehead atoms. The van der Waals surface area contributed by atoms with Crippen LogP contribution in [0.4, 0.5) is 5.69 Å². The number of hydrogen-bond donors (Lipinski definition) is 0. The molecule has 0 aliphatic carbocycles. The van der Waals surface area contributed by atoms with Crippen molar-refractivity contribution >= 4 is 11.6 Å². The van der Waals surface area contributed by atoms with Gasteiger partial charge in [-0.3, -0.25) is 4.79 Å². The monoisotopic (exact) mass is 203 g/mol. The number of hydrogen-bond acceptors (Lipinski definition) is 1. The summed E-state index contributed by atoms with van der Waals surface area (Å²) in [5.41, 5.74) is 1.03. The van der Waals surface area contributed by atoms with E-state index < -0.39 is 0 Å². The number of carbonyl (C=O) groups excluding carboxylic acids is 1. The first-order valence-electron chi connectivity index (χ1n) is 5.56. The second kappa shape index (κ2) is 4.05. The highest BCUT2D eigenvalue weighted by atomic mass is 16.2. The van der Waals surface area contributed by atoms with Crippen molar-refractivity contribution in [2.75, 3.05) is 11.4 Å². The highest BCUT2D eigenvalue weighted by Gasteiger charge is 2.34. The van der Waals surface area contributed by atoms with Crippen LogP contribution in [0.15, 0.2) is 30.3 Å². The van der Waals surface area contributed by atoms with Crippen LogP contribution in [0.1, 0.15) is 20.3 Å². The first-order valence-corrected chi connectivity index (χ1v) is 5.56. The zero-order valence-electron chi connectivity index (χ0n) is 9.31. The number of anilines is 1. The molecule has 0 spiro atoms. The van der Waals surface area contributed by atoms with Crippen molar-refractivity contribution in [2.24, 2.45) is 11.8 Å². The zero-order chi connectivity index (χ0) is 10.8. The third-order valence-corrected chi connectivity index (χ3v) is 3.12. The molecule has 1 unspecified atom stereocenters. The summed E-state index contributed by atoms with van der Waals surface area (Å²) in [6, 6.07) is 9.93. The van der Waals surface area contributed by atoms with Crippen molar-refractivity contribution in [3.63, 3.8) is 0 Å². The smallest absolute Gasteiger partial charge is 0.230 e. The molecule has 2 nitrogen and oxygen atoms in total. The number of amides is 1. The Labute approximate surface area is 90.9 Å². The molecule has 1 heterocycles. The zero-order valence-corrected chi connectivity index (χ0v) is 9.31. The molecule has 80 valence electrons. The molecular weight excluding hydrogens is 186 g/mol. The van der Waals surface area contributed by atoms with Crippen LogP contribution in [0.5, 0.6) is 0 Å². The lowest BCUT2D eigenvalue weighted by atomic mass is 9.95. The van der Waals surface area contributed by atoms with Gasteiger partial charge in [0.15, 0.2) is 0 Å². The molecule has 1 fully saturated rings. The molecule has 0 N–H and O–H groups in total. The highest BCUT2D eigenvalue weighted by molar-refractivity contribution is 5.97. The maximum absolute atomic E-state index is 12.1. The largest absolute Gasteiger partial charge is 0.312 e. The molecule has 1 aliphatic heterocycles. The van der Waals surface area contributed by atoms with Gasteiger partial charge in [-0.2, -0.15) is 0 Å². The number of nitrogens with zero attached hydrogens (tertiary/aromatic N) is 1. The van der Waals surface area contributed by atoms with E-state index >= 15 is 0 Å². The Morgan fingerprint density at radius 2 is 1.93 bits per heavy atom. The predicted octanol–water partition coefficient (Wildman–Crippen LogP) is 2.70. The quantitative estimate of drug-likeness (QED) is 0.723. The second-order valence-electron chi connectivity index (χ2n) is 4.46. The summed E-state index contributed by atoms with van der Waals surface area (Å²) in [5.74, 6) is 0.951. The van der Waals surface area contributed by atoms with Gasteiger partial charge in [-0.05, 0) is 24.5 Å². The second-order valence-corrected chi connectivity index (χ2v) is 4.46. The van der Waals surface area contributed by atoms with Crippen LogP contribution in [-0.2, 0) is 4.79 Å². The average molecular weight is 203 g/mol. The summed E-state index contributed by atoms with van der Waals surface area (Å²) in [6.07, 6.45) is 0.991. The van der Waals surface area contributed by atoms with Crippen LogP contribution in [0, 0.1) is 11.8 Å². The molecule has 15 heavy (non-hydrogen) atoms. The number of carbonyl (C=O) groups is 1. The van der Waals surface area contributed by atoms with Crippen LogP contribution >= 0.6 is 0 Å². The lowest BCUT2D eigenvalue weighted by Crippen LogP contribution is -2.28. The Bertz CT molecular complexity index is 345. The summed E-state index contributed by atoms with van der Waals surface area (Å²) in [4.78, 5) is 14.0. The fraction of sp³-hybridized carbons (Fsp3) is 0.462. The van der Waals surface area contributed by atoms with Crippen molar-refractivity contribution < 1.29 is 4.79 Å². The molecule has 2 heteroatoms. The van der Waals surface area contributed by atoms with Crippen molar-refractivity contribution in [3.05, 3.63) is 30.3 Å². The minimum absolute atomic E-state index is 0.213. The summed E-state index contributed by atoms with van der Waals surface area (Å²) in [7, 11) is 0. The number of benzene rings is 1. The molecule has 1 saturated heterocycles. The van der Waals surface area contributed by atoms with Gasteiger partial charge in [0.1, 0.15) is 0 Å². The minimum Gasteiger partial charge on any atom is -0.312 e. The maximum Gasteiger partial charge on any atom is 0.230 e. The van der Waals surface area contributed by atoms with E-state index in [9.17, 15) is 4.79 Å².